The Balaban J connectivity index is 2.91. The summed E-state index contributed by atoms with van der Waals surface area (Å²) in [6.45, 7) is 5.40. The average Bonchev–Trinajstić information content (AvgIpc) is 2.29. The van der Waals surface area contributed by atoms with Crippen molar-refractivity contribution in [3.05, 3.63) is 28.2 Å². The molecule has 17 heavy (non-hydrogen) atoms. The summed E-state index contributed by atoms with van der Waals surface area (Å²) in [7, 11) is 0. The zero-order chi connectivity index (χ0) is 12.8. The summed E-state index contributed by atoms with van der Waals surface area (Å²) in [5.74, 6) is 0. The van der Waals surface area contributed by atoms with E-state index in [0.29, 0.717) is 6.42 Å². The lowest BCUT2D eigenvalue weighted by molar-refractivity contribution is 0.198. The molecule has 0 fully saturated rings. The molecular weight excluding hydrogens is 280 g/mol. The zero-order valence-electron chi connectivity index (χ0n) is 10.2. The summed E-state index contributed by atoms with van der Waals surface area (Å²) in [4.78, 5) is 2.14. The number of rotatable bonds is 5. The maximum Gasteiger partial charge on any atom is 0.0772 e. The third kappa shape index (κ3) is 3.72. The molecule has 0 aliphatic rings. The van der Waals surface area contributed by atoms with E-state index in [1.807, 2.05) is 18.2 Å². The van der Waals surface area contributed by atoms with E-state index in [4.69, 9.17) is 5.26 Å². The first-order valence-electron chi connectivity index (χ1n) is 5.69. The molecule has 0 radical (unpaired) electrons. The second-order valence-corrected chi connectivity index (χ2v) is 4.72. The molecule has 0 bridgehead atoms. The monoisotopic (exact) mass is 296 g/mol. The van der Waals surface area contributed by atoms with Gasteiger partial charge in [-0.2, -0.15) is 5.26 Å². The summed E-state index contributed by atoms with van der Waals surface area (Å²) < 4.78 is 0.903. The minimum atomic E-state index is -0.479. The van der Waals surface area contributed by atoms with Crippen LogP contribution in [0.15, 0.2) is 22.7 Å². The van der Waals surface area contributed by atoms with Gasteiger partial charge in [0.15, 0.2) is 0 Å². The summed E-state index contributed by atoms with van der Waals surface area (Å²) in [5, 5.41) is 18.2. The van der Waals surface area contributed by atoms with E-state index < -0.39 is 6.10 Å². The van der Waals surface area contributed by atoms with Gasteiger partial charge in [-0.25, -0.2) is 0 Å². The number of nitriles is 1. The Morgan fingerprint density at radius 3 is 2.71 bits per heavy atom. The van der Waals surface area contributed by atoms with Gasteiger partial charge in [-0.05, 0) is 31.5 Å². The van der Waals surface area contributed by atoms with Crippen molar-refractivity contribution in [2.75, 3.05) is 18.0 Å². The van der Waals surface area contributed by atoms with Crippen molar-refractivity contribution in [1.29, 1.82) is 5.26 Å². The van der Waals surface area contributed by atoms with Crippen LogP contribution in [0.1, 0.15) is 31.9 Å². The Morgan fingerprint density at radius 2 is 2.24 bits per heavy atom. The molecule has 1 unspecified atom stereocenters. The quantitative estimate of drug-likeness (QED) is 0.907. The van der Waals surface area contributed by atoms with Crippen LogP contribution in [0.25, 0.3) is 0 Å². The maximum absolute atomic E-state index is 9.55. The van der Waals surface area contributed by atoms with Gasteiger partial charge in [0.1, 0.15) is 0 Å². The van der Waals surface area contributed by atoms with Gasteiger partial charge in [-0.1, -0.05) is 22.0 Å². The first-order chi connectivity index (χ1) is 8.10. The highest BCUT2D eigenvalue weighted by Crippen LogP contribution is 2.28. The molecule has 0 spiro atoms. The van der Waals surface area contributed by atoms with Gasteiger partial charge in [0.25, 0.3) is 0 Å². The molecule has 1 rings (SSSR count). The standard InChI is InChI=1S/C13H17BrN2O/c1-3-16(8-4-7-15)11-5-6-12(10(2)17)13(14)9-11/h5-6,9-10,17H,3-4,8H2,1-2H3. The van der Waals surface area contributed by atoms with Gasteiger partial charge >= 0.3 is 0 Å². The van der Waals surface area contributed by atoms with Crippen molar-refractivity contribution in [1.82, 2.24) is 0 Å². The lowest BCUT2D eigenvalue weighted by Crippen LogP contribution is -2.23. The van der Waals surface area contributed by atoms with Gasteiger partial charge in [-0.3, -0.25) is 0 Å². The number of anilines is 1. The molecule has 0 amide bonds. The minimum absolute atomic E-state index is 0.479. The number of hydrogen-bond donors (Lipinski definition) is 1. The normalized spacial score (nSPS) is 11.9. The number of aliphatic hydroxyl groups excluding tert-OH is 1. The van der Waals surface area contributed by atoms with Gasteiger partial charge < -0.3 is 10.0 Å². The molecule has 0 aliphatic carbocycles. The molecule has 0 saturated carbocycles. The lowest BCUT2D eigenvalue weighted by atomic mass is 10.1. The third-order valence-corrected chi connectivity index (χ3v) is 3.36. The Labute approximate surface area is 111 Å². The third-order valence-electron chi connectivity index (χ3n) is 2.67. The number of nitrogens with zero attached hydrogens (tertiary/aromatic N) is 2. The second-order valence-electron chi connectivity index (χ2n) is 3.87. The van der Waals surface area contributed by atoms with Crippen molar-refractivity contribution in [3.8, 4) is 6.07 Å². The highest BCUT2D eigenvalue weighted by Gasteiger charge is 2.09. The largest absolute Gasteiger partial charge is 0.389 e. The molecule has 1 aromatic carbocycles. The van der Waals surface area contributed by atoms with Gasteiger partial charge in [0.2, 0.25) is 0 Å². The fourth-order valence-corrected chi connectivity index (χ4v) is 2.40. The van der Waals surface area contributed by atoms with Crippen LogP contribution in [0.5, 0.6) is 0 Å². The molecule has 4 heteroatoms. The minimum Gasteiger partial charge on any atom is -0.389 e. The van der Waals surface area contributed by atoms with Crippen molar-refractivity contribution in [2.24, 2.45) is 0 Å². The van der Waals surface area contributed by atoms with E-state index in [0.717, 1.165) is 28.8 Å². The van der Waals surface area contributed by atoms with Crippen LogP contribution in [0.4, 0.5) is 5.69 Å². The van der Waals surface area contributed by atoms with Gasteiger partial charge in [0.05, 0.1) is 18.6 Å². The highest BCUT2D eigenvalue weighted by atomic mass is 79.9. The van der Waals surface area contributed by atoms with Crippen LogP contribution >= 0.6 is 15.9 Å². The predicted octanol–water partition coefficient (Wildman–Crippen LogP) is 3.24. The molecule has 1 atom stereocenters. The summed E-state index contributed by atoms with van der Waals surface area (Å²) in [6, 6.07) is 8.04. The van der Waals surface area contributed by atoms with Crippen molar-refractivity contribution < 1.29 is 5.11 Å². The predicted molar refractivity (Wildman–Crippen MR) is 72.9 cm³/mol. The first-order valence-corrected chi connectivity index (χ1v) is 6.48. The number of aliphatic hydroxyl groups is 1. The summed E-state index contributed by atoms with van der Waals surface area (Å²) in [5.41, 5.74) is 1.95. The summed E-state index contributed by atoms with van der Waals surface area (Å²) >= 11 is 3.46. The lowest BCUT2D eigenvalue weighted by Gasteiger charge is -2.23. The number of halogens is 1. The number of benzene rings is 1. The van der Waals surface area contributed by atoms with E-state index >= 15 is 0 Å². The van der Waals surface area contributed by atoms with Crippen LogP contribution < -0.4 is 4.90 Å². The van der Waals surface area contributed by atoms with Gasteiger partial charge in [-0.15, -0.1) is 0 Å². The Kier molecular flexibility index (Phi) is 5.46. The van der Waals surface area contributed by atoms with E-state index in [1.54, 1.807) is 6.92 Å². The molecule has 3 nitrogen and oxygen atoms in total. The van der Waals surface area contributed by atoms with E-state index in [-0.39, 0.29) is 0 Å². The fraction of sp³-hybridized carbons (Fsp3) is 0.462. The van der Waals surface area contributed by atoms with Crippen molar-refractivity contribution in [2.45, 2.75) is 26.4 Å². The van der Waals surface area contributed by atoms with Crippen molar-refractivity contribution >= 4 is 21.6 Å². The van der Waals surface area contributed by atoms with E-state index in [9.17, 15) is 5.11 Å². The molecule has 1 N–H and O–H groups in total. The molecular formula is C13H17BrN2O. The van der Waals surface area contributed by atoms with Crippen LogP contribution in [0, 0.1) is 11.3 Å². The fourth-order valence-electron chi connectivity index (χ4n) is 1.71. The highest BCUT2D eigenvalue weighted by molar-refractivity contribution is 9.10. The molecule has 0 aliphatic heterocycles. The molecule has 0 heterocycles. The van der Waals surface area contributed by atoms with E-state index in [1.165, 1.54) is 0 Å². The Bertz CT molecular complexity index is 412. The SMILES string of the molecule is CCN(CCC#N)c1ccc(C(C)O)c(Br)c1. The average molecular weight is 297 g/mol. The van der Waals surface area contributed by atoms with Crippen molar-refractivity contribution in [3.63, 3.8) is 0 Å². The molecule has 0 aromatic heterocycles. The van der Waals surface area contributed by atoms with Crippen LogP contribution in [0.2, 0.25) is 0 Å². The molecule has 0 saturated heterocycles. The Morgan fingerprint density at radius 1 is 1.53 bits per heavy atom. The topological polar surface area (TPSA) is 47.3 Å². The number of hydrogen-bond acceptors (Lipinski definition) is 3. The maximum atomic E-state index is 9.55. The van der Waals surface area contributed by atoms with Gasteiger partial charge in [0, 0.05) is 23.2 Å². The van der Waals surface area contributed by atoms with E-state index in [2.05, 4.69) is 33.8 Å². The summed E-state index contributed by atoms with van der Waals surface area (Å²) in [6.07, 6.45) is 0.0384. The smallest absolute Gasteiger partial charge is 0.0772 e. The Hall–Kier alpha value is -1.05. The van der Waals surface area contributed by atoms with Crippen LogP contribution in [-0.4, -0.2) is 18.2 Å². The van der Waals surface area contributed by atoms with Crippen LogP contribution in [0.3, 0.4) is 0 Å². The molecule has 92 valence electrons. The zero-order valence-corrected chi connectivity index (χ0v) is 11.7. The second kappa shape index (κ2) is 6.63. The van der Waals surface area contributed by atoms with Crippen LogP contribution in [-0.2, 0) is 0 Å². The molecule has 1 aromatic rings. The first kappa shape index (κ1) is 14.0.